The summed E-state index contributed by atoms with van der Waals surface area (Å²) in [7, 11) is 1.56. The number of hydrogen-bond acceptors (Lipinski definition) is 5. The molecule has 2 heterocycles. The minimum atomic E-state index is -0.703. The molecule has 2 atom stereocenters. The van der Waals surface area contributed by atoms with E-state index in [1.165, 1.54) is 4.90 Å². The number of nitrogens with zero attached hydrogens (tertiary/aromatic N) is 1. The Balaban J connectivity index is 1.83. The molecule has 156 valence electrons. The summed E-state index contributed by atoms with van der Waals surface area (Å²) in [5.41, 5.74) is 2.34. The second-order valence-corrected chi connectivity index (χ2v) is 7.73. The van der Waals surface area contributed by atoms with Crippen molar-refractivity contribution in [2.75, 3.05) is 20.3 Å². The molecule has 6 nitrogen and oxygen atoms in total. The second-order valence-electron chi connectivity index (χ2n) is 7.73. The Bertz CT molecular complexity index is 989. The molecule has 6 heteroatoms. The zero-order valence-corrected chi connectivity index (χ0v) is 17.1. The minimum Gasteiger partial charge on any atom is -0.507 e. The number of aryl methyl sites for hydroxylation is 1. The Hall–Kier alpha value is -3.12. The lowest BCUT2D eigenvalue weighted by atomic mass is 9.94. The highest BCUT2D eigenvalue weighted by Crippen LogP contribution is 2.40. The van der Waals surface area contributed by atoms with E-state index in [1.807, 2.05) is 31.2 Å². The molecule has 2 aliphatic rings. The van der Waals surface area contributed by atoms with E-state index in [2.05, 4.69) is 0 Å². The number of benzene rings is 2. The van der Waals surface area contributed by atoms with Gasteiger partial charge in [-0.05, 0) is 37.5 Å². The molecule has 2 fully saturated rings. The molecule has 0 unspecified atom stereocenters. The van der Waals surface area contributed by atoms with Gasteiger partial charge in [0.15, 0.2) is 0 Å². The number of hydrogen-bond donors (Lipinski definition) is 1. The van der Waals surface area contributed by atoms with Crippen LogP contribution in [0, 0.1) is 6.92 Å². The average Bonchev–Trinajstić information content (AvgIpc) is 3.36. The van der Waals surface area contributed by atoms with Crippen LogP contribution in [0.4, 0.5) is 0 Å². The third-order valence-electron chi connectivity index (χ3n) is 5.70. The summed E-state index contributed by atoms with van der Waals surface area (Å²) in [5.74, 6) is -0.854. The number of methoxy groups -OCH3 is 1. The van der Waals surface area contributed by atoms with Crippen molar-refractivity contribution in [3.63, 3.8) is 0 Å². The summed E-state index contributed by atoms with van der Waals surface area (Å²) in [6, 6.07) is 13.8. The summed E-state index contributed by atoms with van der Waals surface area (Å²) in [6.45, 7) is 2.90. The van der Waals surface area contributed by atoms with Crippen LogP contribution in [0.25, 0.3) is 5.76 Å². The van der Waals surface area contributed by atoms with Crippen molar-refractivity contribution in [1.29, 1.82) is 0 Å². The molecule has 0 spiro atoms. The van der Waals surface area contributed by atoms with Gasteiger partial charge in [-0.1, -0.05) is 42.0 Å². The van der Waals surface area contributed by atoms with Crippen molar-refractivity contribution < 1.29 is 24.2 Å². The third-order valence-corrected chi connectivity index (χ3v) is 5.70. The molecule has 2 aliphatic heterocycles. The maximum absolute atomic E-state index is 13.0. The van der Waals surface area contributed by atoms with Crippen LogP contribution in [-0.2, 0) is 14.3 Å². The number of rotatable bonds is 5. The lowest BCUT2D eigenvalue weighted by Crippen LogP contribution is -2.36. The maximum Gasteiger partial charge on any atom is 0.295 e. The van der Waals surface area contributed by atoms with Crippen LogP contribution in [0.15, 0.2) is 54.1 Å². The number of carbonyl (C=O) groups is 2. The number of Topliss-reactive ketones (excluding diaryl/α,β-unsaturated/α-hetero) is 1. The van der Waals surface area contributed by atoms with E-state index in [0.29, 0.717) is 30.0 Å². The van der Waals surface area contributed by atoms with Crippen molar-refractivity contribution in [2.45, 2.75) is 31.9 Å². The van der Waals surface area contributed by atoms with Gasteiger partial charge in [0.2, 0.25) is 0 Å². The van der Waals surface area contributed by atoms with E-state index in [-0.39, 0.29) is 17.4 Å². The Kier molecular flexibility index (Phi) is 5.59. The lowest BCUT2D eigenvalue weighted by molar-refractivity contribution is -0.140. The fraction of sp³-hybridized carbons (Fsp3) is 0.333. The summed E-state index contributed by atoms with van der Waals surface area (Å²) < 4.78 is 11.1. The topological polar surface area (TPSA) is 76.1 Å². The first-order valence-electron chi connectivity index (χ1n) is 10.1. The first kappa shape index (κ1) is 20.2. The van der Waals surface area contributed by atoms with E-state index in [0.717, 1.165) is 18.4 Å². The Labute approximate surface area is 175 Å². The van der Waals surface area contributed by atoms with Gasteiger partial charge in [-0.15, -0.1) is 0 Å². The number of ether oxygens (including phenoxy) is 2. The molecule has 4 rings (SSSR count). The molecule has 0 aliphatic carbocycles. The standard InChI is InChI=1S/C24H25NO5/c1-15-8-10-16(11-9-15)22(26)20-21(17-5-3-6-18(13-17)29-2)25(24(28)23(20)27)14-19-7-4-12-30-19/h3,5-6,8-11,13,19,21,26H,4,7,12,14H2,1-2H3/t19-,21+/m0/s1. The molecular weight excluding hydrogens is 382 g/mol. The van der Waals surface area contributed by atoms with E-state index < -0.39 is 17.7 Å². The van der Waals surface area contributed by atoms with Gasteiger partial charge in [-0.3, -0.25) is 9.59 Å². The molecule has 0 radical (unpaired) electrons. The number of aliphatic hydroxyl groups excluding tert-OH is 1. The summed E-state index contributed by atoms with van der Waals surface area (Å²) >= 11 is 0. The largest absolute Gasteiger partial charge is 0.507 e. The predicted molar refractivity (Wildman–Crippen MR) is 112 cm³/mol. The number of carbonyl (C=O) groups excluding carboxylic acids is 2. The SMILES string of the molecule is COc1cccc([C@@H]2C(=C(O)c3ccc(C)cc3)C(=O)C(=O)N2C[C@@H]2CCCO2)c1. The van der Waals surface area contributed by atoms with Gasteiger partial charge in [0, 0.05) is 18.7 Å². The van der Waals surface area contributed by atoms with Crippen LogP contribution in [-0.4, -0.2) is 48.1 Å². The van der Waals surface area contributed by atoms with Crippen LogP contribution >= 0.6 is 0 Å². The number of amides is 1. The highest BCUT2D eigenvalue weighted by molar-refractivity contribution is 6.46. The van der Waals surface area contributed by atoms with Crippen molar-refractivity contribution >= 4 is 17.4 Å². The Morgan fingerprint density at radius 2 is 1.97 bits per heavy atom. The quantitative estimate of drug-likeness (QED) is 0.466. The molecule has 0 saturated carbocycles. The van der Waals surface area contributed by atoms with E-state index in [9.17, 15) is 14.7 Å². The summed E-state index contributed by atoms with van der Waals surface area (Å²) in [6.07, 6.45) is 1.66. The van der Waals surface area contributed by atoms with Gasteiger partial charge in [0.25, 0.3) is 11.7 Å². The van der Waals surface area contributed by atoms with Gasteiger partial charge in [-0.25, -0.2) is 0 Å². The third kappa shape index (κ3) is 3.71. The van der Waals surface area contributed by atoms with Crippen molar-refractivity contribution in [3.05, 3.63) is 70.8 Å². The average molecular weight is 407 g/mol. The minimum absolute atomic E-state index is 0.0927. The molecule has 0 aromatic heterocycles. The summed E-state index contributed by atoms with van der Waals surface area (Å²) in [4.78, 5) is 27.5. The van der Waals surface area contributed by atoms with E-state index in [4.69, 9.17) is 9.47 Å². The van der Waals surface area contributed by atoms with Crippen LogP contribution in [0.1, 0.15) is 35.6 Å². The first-order chi connectivity index (χ1) is 14.5. The Morgan fingerprint density at radius 1 is 1.20 bits per heavy atom. The smallest absolute Gasteiger partial charge is 0.295 e. The molecule has 2 saturated heterocycles. The monoisotopic (exact) mass is 407 g/mol. The molecule has 30 heavy (non-hydrogen) atoms. The molecule has 0 bridgehead atoms. The van der Waals surface area contributed by atoms with E-state index in [1.54, 1.807) is 31.4 Å². The predicted octanol–water partition coefficient (Wildman–Crippen LogP) is 3.60. The second kappa shape index (κ2) is 8.32. The van der Waals surface area contributed by atoms with Crippen molar-refractivity contribution in [3.8, 4) is 5.75 Å². The number of aliphatic hydroxyl groups is 1. The lowest BCUT2D eigenvalue weighted by Gasteiger charge is -2.27. The zero-order valence-electron chi connectivity index (χ0n) is 17.1. The van der Waals surface area contributed by atoms with Crippen molar-refractivity contribution in [2.24, 2.45) is 0 Å². The van der Waals surface area contributed by atoms with Crippen LogP contribution in [0.3, 0.4) is 0 Å². The van der Waals surface area contributed by atoms with Gasteiger partial charge in [0.05, 0.1) is 24.8 Å². The van der Waals surface area contributed by atoms with Gasteiger partial charge in [0.1, 0.15) is 11.5 Å². The molecule has 2 aromatic rings. The maximum atomic E-state index is 13.0. The highest BCUT2D eigenvalue weighted by atomic mass is 16.5. The summed E-state index contributed by atoms with van der Waals surface area (Å²) in [5, 5.41) is 11.1. The molecule has 1 amide bonds. The van der Waals surface area contributed by atoms with Gasteiger partial charge in [-0.2, -0.15) is 0 Å². The fourth-order valence-electron chi connectivity index (χ4n) is 4.10. The first-order valence-corrected chi connectivity index (χ1v) is 10.1. The molecule has 1 N–H and O–H groups in total. The number of ketones is 1. The normalized spacial score (nSPS) is 23.2. The van der Waals surface area contributed by atoms with Gasteiger partial charge < -0.3 is 19.5 Å². The Morgan fingerprint density at radius 3 is 2.63 bits per heavy atom. The van der Waals surface area contributed by atoms with Gasteiger partial charge >= 0.3 is 0 Å². The van der Waals surface area contributed by atoms with Crippen LogP contribution < -0.4 is 4.74 Å². The molecular formula is C24H25NO5. The van der Waals surface area contributed by atoms with Crippen molar-refractivity contribution in [1.82, 2.24) is 4.90 Å². The van der Waals surface area contributed by atoms with Crippen LogP contribution in [0.2, 0.25) is 0 Å². The van der Waals surface area contributed by atoms with E-state index >= 15 is 0 Å². The fourth-order valence-corrected chi connectivity index (χ4v) is 4.10. The highest BCUT2D eigenvalue weighted by Gasteiger charge is 2.47. The zero-order chi connectivity index (χ0) is 21.3. The number of likely N-dealkylation sites (tertiary alicyclic amines) is 1. The van der Waals surface area contributed by atoms with Crippen LogP contribution in [0.5, 0.6) is 5.75 Å². The molecule has 2 aromatic carbocycles.